The molecule has 1 aromatic heterocycles. The normalized spacial score (nSPS) is 13.3. The van der Waals surface area contributed by atoms with Gasteiger partial charge in [0.15, 0.2) is 0 Å². The maximum atomic E-state index is 2.48. The molecule has 8 aromatic rings. The Morgan fingerprint density at radius 3 is 2.16 bits per heavy atom. The summed E-state index contributed by atoms with van der Waals surface area (Å²) in [6.45, 7) is 4.70. The van der Waals surface area contributed by atoms with Gasteiger partial charge in [0.05, 0.1) is 5.69 Å². The van der Waals surface area contributed by atoms with Crippen LogP contribution in [0.4, 0.5) is 17.1 Å². The highest BCUT2D eigenvalue weighted by atomic mass is 32.1. The molecular weight excluding hydrogens is 563 g/mol. The molecule has 2 heteroatoms. The van der Waals surface area contributed by atoms with Crippen molar-refractivity contribution in [3.8, 4) is 22.3 Å². The molecule has 0 fully saturated rings. The third-order valence-corrected chi connectivity index (χ3v) is 10.8. The van der Waals surface area contributed by atoms with E-state index in [-0.39, 0.29) is 5.41 Å². The van der Waals surface area contributed by atoms with E-state index in [9.17, 15) is 0 Å². The smallest absolute Gasteiger partial charge is 0.0554 e. The monoisotopic (exact) mass is 593 g/mol. The molecule has 0 spiro atoms. The molecule has 0 unspecified atom stereocenters. The maximum absolute atomic E-state index is 2.48. The Morgan fingerprint density at radius 1 is 0.511 bits per heavy atom. The first-order valence-electron chi connectivity index (χ1n) is 15.6. The van der Waals surface area contributed by atoms with Gasteiger partial charge in [-0.3, -0.25) is 0 Å². The predicted octanol–water partition coefficient (Wildman–Crippen LogP) is 12.7. The summed E-state index contributed by atoms with van der Waals surface area (Å²) >= 11 is 1.90. The fourth-order valence-corrected chi connectivity index (χ4v) is 8.72. The van der Waals surface area contributed by atoms with Crippen LogP contribution in [0.2, 0.25) is 0 Å². The maximum Gasteiger partial charge on any atom is 0.0554 e. The lowest BCUT2D eigenvalue weighted by Gasteiger charge is -2.29. The Hall–Kier alpha value is -5.18. The van der Waals surface area contributed by atoms with Crippen LogP contribution in [-0.2, 0) is 5.41 Å². The second-order valence-corrected chi connectivity index (χ2v) is 13.6. The standard InChI is InChI=1S/C43H31NS/c1-43(2)37-19-8-6-17-33(37)36-27-32(23-25-38(36)43)44(31-16-10-15-30(26-31)28-12-4-3-5-13-28)39-20-11-14-29-22-24-35-34-18-7-9-21-40(34)45-42(35)41(29)39/h3-27H,1-2H3. The Morgan fingerprint density at radius 2 is 1.24 bits per heavy atom. The minimum atomic E-state index is -0.0365. The van der Waals surface area contributed by atoms with E-state index in [2.05, 4.69) is 170 Å². The summed E-state index contributed by atoms with van der Waals surface area (Å²) in [6, 6.07) is 55.8. The van der Waals surface area contributed by atoms with Gasteiger partial charge in [-0.2, -0.15) is 0 Å². The summed E-state index contributed by atoms with van der Waals surface area (Å²) in [5.74, 6) is 0. The SMILES string of the molecule is CC1(C)c2ccccc2-c2cc(N(c3cccc(-c4ccccc4)c3)c3cccc4ccc5c6ccccc6sc5c34)ccc21. The van der Waals surface area contributed by atoms with Crippen LogP contribution in [0.1, 0.15) is 25.0 Å². The minimum absolute atomic E-state index is 0.0365. The molecule has 1 aliphatic carbocycles. The van der Waals surface area contributed by atoms with Crippen molar-refractivity contribution in [2.75, 3.05) is 4.90 Å². The van der Waals surface area contributed by atoms with Gasteiger partial charge in [-0.15, -0.1) is 11.3 Å². The average Bonchev–Trinajstić information content (AvgIpc) is 3.58. The van der Waals surface area contributed by atoms with Gasteiger partial charge in [0.2, 0.25) is 0 Å². The molecule has 1 heterocycles. The lowest BCUT2D eigenvalue weighted by Crippen LogP contribution is -2.15. The van der Waals surface area contributed by atoms with Gasteiger partial charge >= 0.3 is 0 Å². The summed E-state index contributed by atoms with van der Waals surface area (Å²) in [4.78, 5) is 2.48. The third kappa shape index (κ3) is 3.99. The summed E-state index contributed by atoms with van der Waals surface area (Å²) in [5, 5.41) is 5.19. The fraction of sp³-hybridized carbons (Fsp3) is 0.0698. The molecule has 0 saturated carbocycles. The number of rotatable bonds is 4. The van der Waals surface area contributed by atoms with E-state index in [0.717, 1.165) is 11.4 Å². The van der Waals surface area contributed by atoms with E-state index in [1.54, 1.807) is 0 Å². The molecule has 0 atom stereocenters. The van der Waals surface area contributed by atoms with Crippen LogP contribution in [0.25, 0.3) is 53.2 Å². The molecule has 45 heavy (non-hydrogen) atoms. The van der Waals surface area contributed by atoms with Gasteiger partial charge in [0, 0.05) is 42.3 Å². The van der Waals surface area contributed by atoms with E-state index in [1.807, 2.05) is 11.3 Å². The largest absolute Gasteiger partial charge is 0.310 e. The minimum Gasteiger partial charge on any atom is -0.310 e. The van der Waals surface area contributed by atoms with Crippen LogP contribution >= 0.6 is 11.3 Å². The van der Waals surface area contributed by atoms with Gasteiger partial charge in [0.25, 0.3) is 0 Å². The van der Waals surface area contributed by atoms with E-state index in [1.165, 1.54) is 70.0 Å². The van der Waals surface area contributed by atoms with E-state index in [0.29, 0.717) is 0 Å². The third-order valence-electron chi connectivity index (χ3n) is 9.64. The zero-order chi connectivity index (χ0) is 30.1. The van der Waals surface area contributed by atoms with Crippen LogP contribution in [0, 0.1) is 0 Å². The topological polar surface area (TPSA) is 3.24 Å². The van der Waals surface area contributed by atoms with Crippen LogP contribution in [0.15, 0.2) is 152 Å². The first-order valence-corrected chi connectivity index (χ1v) is 16.4. The quantitative estimate of drug-likeness (QED) is 0.196. The van der Waals surface area contributed by atoms with Crippen LogP contribution < -0.4 is 4.90 Å². The average molecular weight is 594 g/mol. The molecule has 1 nitrogen and oxygen atoms in total. The number of fused-ring (bicyclic) bond motifs is 8. The number of anilines is 3. The van der Waals surface area contributed by atoms with Crippen molar-refractivity contribution in [2.45, 2.75) is 19.3 Å². The van der Waals surface area contributed by atoms with Gasteiger partial charge < -0.3 is 4.90 Å². The predicted molar refractivity (Wildman–Crippen MR) is 195 cm³/mol. The number of thiophene rings is 1. The van der Waals surface area contributed by atoms with Crippen LogP contribution in [0.3, 0.4) is 0 Å². The van der Waals surface area contributed by atoms with Gasteiger partial charge in [-0.25, -0.2) is 0 Å². The van der Waals surface area contributed by atoms with Crippen molar-refractivity contribution in [2.24, 2.45) is 0 Å². The van der Waals surface area contributed by atoms with E-state index in [4.69, 9.17) is 0 Å². The molecule has 214 valence electrons. The number of hydrogen-bond donors (Lipinski definition) is 0. The summed E-state index contributed by atoms with van der Waals surface area (Å²) in [5.41, 5.74) is 11.3. The first kappa shape index (κ1) is 26.2. The lowest BCUT2D eigenvalue weighted by molar-refractivity contribution is 0.660. The molecule has 9 rings (SSSR count). The van der Waals surface area contributed by atoms with Crippen molar-refractivity contribution < 1.29 is 0 Å². The summed E-state index contributed by atoms with van der Waals surface area (Å²) < 4.78 is 2.66. The zero-order valence-corrected chi connectivity index (χ0v) is 26.1. The second kappa shape index (κ2) is 9.92. The summed E-state index contributed by atoms with van der Waals surface area (Å²) in [6.07, 6.45) is 0. The highest BCUT2D eigenvalue weighted by Crippen LogP contribution is 2.52. The molecule has 0 bridgehead atoms. The van der Waals surface area contributed by atoms with Crippen molar-refractivity contribution >= 4 is 59.3 Å². The highest BCUT2D eigenvalue weighted by molar-refractivity contribution is 7.26. The fourth-order valence-electron chi connectivity index (χ4n) is 7.45. The molecule has 0 amide bonds. The lowest BCUT2D eigenvalue weighted by atomic mass is 9.82. The number of nitrogens with zero attached hydrogens (tertiary/aromatic N) is 1. The molecule has 7 aromatic carbocycles. The number of hydrogen-bond acceptors (Lipinski definition) is 2. The second-order valence-electron chi connectivity index (χ2n) is 12.6. The molecular formula is C43H31NS. The van der Waals surface area contributed by atoms with Crippen LogP contribution in [0.5, 0.6) is 0 Å². The molecule has 0 saturated heterocycles. The van der Waals surface area contributed by atoms with Crippen molar-refractivity contribution in [1.82, 2.24) is 0 Å². The van der Waals surface area contributed by atoms with Crippen LogP contribution in [-0.4, -0.2) is 0 Å². The molecule has 0 aliphatic heterocycles. The zero-order valence-electron chi connectivity index (χ0n) is 25.3. The molecule has 0 N–H and O–H groups in total. The Balaban J connectivity index is 1.34. The molecule has 1 aliphatic rings. The Labute approximate surface area is 267 Å². The van der Waals surface area contributed by atoms with Gasteiger partial charge in [0.1, 0.15) is 0 Å². The number of benzene rings is 7. The van der Waals surface area contributed by atoms with Crippen molar-refractivity contribution in [1.29, 1.82) is 0 Å². The summed E-state index contributed by atoms with van der Waals surface area (Å²) in [7, 11) is 0. The molecule has 0 radical (unpaired) electrons. The van der Waals surface area contributed by atoms with Crippen molar-refractivity contribution in [3.05, 3.63) is 163 Å². The van der Waals surface area contributed by atoms with Crippen molar-refractivity contribution in [3.63, 3.8) is 0 Å². The first-order chi connectivity index (χ1) is 22.1. The van der Waals surface area contributed by atoms with Gasteiger partial charge in [-0.05, 0) is 75.2 Å². The van der Waals surface area contributed by atoms with E-state index < -0.39 is 0 Å². The highest BCUT2D eigenvalue weighted by Gasteiger charge is 2.35. The van der Waals surface area contributed by atoms with E-state index >= 15 is 0 Å². The Bertz CT molecular complexity index is 2410. The van der Waals surface area contributed by atoms with Gasteiger partial charge in [-0.1, -0.05) is 129 Å². The Kier molecular flexibility index (Phi) is 5.78.